The highest BCUT2D eigenvalue weighted by atomic mass is 16.5. The number of Topliss-reactive ketones (excluding diaryl/α,β-unsaturated/α-hetero) is 1. The highest BCUT2D eigenvalue weighted by Gasteiger charge is 2.30. The Hall–Kier alpha value is -1.19. The average Bonchev–Trinajstić information content (AvgIpc) is 2.45. The normalized spacial score (nSPS) is 15.6. The van der Waals surface area contributed by atoms with Gasteiger partial charge >= 0.3 is 0 Å². The molecule has 20 heavy (non-hydrogen) atoms. The Bertz CT molecular complexity index is 401. The molecule has 0 spiro atoms. The lowest BCUT2D eigenvalue weighted by atomic mass is 9.93. The lowest BCUT2D eigenvalue weighted by Crippen LogP contribution is -2.49. The fourth-order valence-corrected chi connectivity index (χ4v) is 2.07. The van der Waals surface area contributed by atoms with E-state index in [1.165, 1.54) is 12.8 Å². The summed E-state index contributed by atoms with van der Waals surface area (Å²) in [6, 6.07) is 9.16. The summed E-state index contributed by atoms with van der Waals surface area (Å²) >= 11 is 0. The lowest BCUT2D eigenvalue weighted by molar-refractivity contribution is 0.0277. The van der Waals surface area contributed by atoms with E-state index in [-0.39, 0.29) is 18.5 Å². The molecule has 112 valence electrons. The highest BCUT2D eigenvalue weighted by Crippen LogP contribution is 2.14. The summed E-state index contributed by atoms with van der Waals surface area (Å²) in [7, 11) is 0. The Labute approximate surface area is 122 Å². The van der Waals surface area contributed by atoms with E-state index in [0.29, 0.717) is 5.56 Å². The lowest BCUT2D eigenvalue weighted by Gasteiger charge is -2.25. The molecule has 1 rings (SSSR count). The fraction of sp³-hybridized carbons (Fsp3) is 0.588. The molecular weight excluding hydrogens is 250 g/mol. The fourth-order valence-electron chi connectivity index (χ4n) is 2.07. The van der Waals surface area contributed by atoms with Crippen LogP contribution in [0.5, 0.6) is 0 Å². The summed E-state index contributed by atoms with van der Waals surface area (Å²) in [5.74, 6) is -0.0705. The molecule has 3 nitrogen and oxygen atoms in total. The molecule has 1 aromatic rings. The molecule has 0 fully saturated rings. The molecule has 2 unspecified atom stereocenters. The van der Waals surface area contributed by atoms with Gasteiger partial charge in [-0.3, -0.25) is 4.79 Å². The molecule has 0 amide bonds. The number of benzene rings is 1. The second-order valence-corrected chi connectivity index (χ2v) is 5.73. The molecule has 0 aliphatic heterocycles. The van der Waals surface area contributed by atoms with E-state index in [2.05, 4.69) is 6.92 Å². The summed E-state index contributed by atoms with van der Waals surface area (Å²) < 4.78 is 5.75. The zero-order valence-electron chi connectivity index (χ0n) is 12.9. The summed E-state index contributed by atoms with van der Waals surface area (Å²) in [6.45, 7) is 6.22. The van der Waals surface area contributed by atoms with Crippen molar-refractivity contribution in [1.82, 2.24) is 0 Å². The number of rotatable bonds is 9. The van der Waals surface area contributed by atoms with E-state index in [4.69, 9.17) is 10.5 Å². The van der Waals surface area contributed by atoms with Gasteiger partial charge in [-0.1, -0.05) is 56.5 Å². The number of carbonyl (C=O) groups excluding carboxylic acids is 1. The second kappa shape index (κ2) is 8.18. The largest absolute Gasteiger partial charge is 0.376 e. The quantitative estimate of drug-likeness (QED) is 0.554. The predicted octanol–water partition coefficient (Wildman–Crippen LogP) is 3.57. The van der Waals surface area contributed by atoms with Gasteiger partial charge in [0.25, 0.3) is 0 Å². The molecule has 0 radical (unpaired) electrons. The van der Waals surface area contributed by atoms with Crippen LogP contribution < -0.4 is 5.73 Å². The molecule has 0 aromatic heterocycles. The first kappa shape index (κ1) is 16.9. The molecule has 0 heterocycles. The molecular formula is C17H27NO2. The number of carbonyl (C=O) groups is 1. The van der Waals surface area contributed by atoms with Crippen molar-refractivity contribution in [2.75, 3.05) is 6.61 Å². The van der Waals surface area contributed by atoms with Crippen molar-refractivity contribution in [3.63, 3.8) is 0 Å². The van der Waals surface area contributed by atoms with Crippen LogP contribution in [0.15, 0.2) is 30.3 Å². The van der Waals surface area contributed by atoms with Crippen LogP contribution in [-0.2, 0) is 4.74 Å². The van der Waals surface area contributed by atoms with Crippen molar-refractivity contribution < 1.29 is 9.53 Å². The summed E-state index contributed by atoms with van der Waals surface area (Å²) in [5, 5.41) is 0. The Kier molecular flexibility index (Phi) is 6.89. The van der Waals surface area contributed by atoms with Crippen molar-refractivity contribution in [3.8, 4) is 0 Å². The van der Waals surface area contributed by atoms with Crippen molar-refractivity contribution in [2.45, 2.75) is 58.1 Å². The van der Waals surface area contributed by atoms with Crippen LogP contribution in [0.3, 0.4) is 0 Å². The molecule has 3 heteroatoms. The first-order valence-corrected chi connectivity index (χ1v) is 7.47. The van der Waals surface area contributed by atoms with Crippen molar-refractivity contribution in [2.24, 2.45) is 5.73 Å². The molecule has 2 atom stereocenters. The number of hydrogen-bond donors (Lipinski definition) is 1. The summed E-state index contributed by atoms with van der Waals surface area (Å²) in [6.07, 6.45) is 4.74. The van der Waals surface area contributed by atoms with Gasteiger partial charge in [0.2, 0.25) is 0 Å². The third kappa shape index (κ3) is 5.43. The predicted molar refractivity (Wildman–Crippen MR) is 82.9 cm³/mol. The number of nitrogens with two attached hydrogens (primary N) is 1. The summed E-state index contributed by atoms with van der Waals surface area (Å²) in [4.78, 5) is 12.3. The van der Waals surface area contributed by atoms with Gasteiger partial charge in [0.15, 0.2) is 5.78 Å². The van der Waals surface area contributed by atoms with Gasteiger partial charge in [-0.25, -0.2) is 0 Å². The monoisotopic (exact) mass is 277 g/mol. The maximum Gasteiger partial charge on any atom is 0.184 e. The zero-order valence-corrected chi connectivity index (χ0v) is 12.9. The number of ketones is 1. The van der Waals surface area contributed by atoms with Gasteiger partial charge in [0, 0.05) is 5.56 Å². The molecule has 0 bridgehead atoms. The van der Waals surface area contributed by atoms with Crippen LogP contribution in [0.25, 0.3) is 0 Å². The van der Waals surface area contributed by atoms with Gasteiger partial charge in [0.1, 0.15) is 5.54 Å². The van der Waals surface area contributed by atoms with Crippen LogP contribution in [-0.4, -0.2) is 24.0 Å². The topological polar surface area (TPSA) is 52.3 Å². The Balaban J connectivity index is 2.46. The number of ether oxygens (including phenoxy) is 1. The molecule has 0 saturated carbocycles. The molecule has 0 aliphatic rings. The van der Waals surface area contributed by atoms with E-state index in [1.807, 2.05) is 25.1 Å². The van der Waals surface area contributed by atoms with Gasteiger partial charge in [0.05, 0.1) is 12.7 Å². The van der Waals surface area contributed by atoms with E-state index in [0.717, 1.165) is 12.8 Å². The van der Waals surface area contributed by atoms with Gasteiger partial charge in [-0.2, -0.15) is 0 Å². The molecule has 1 aromatic carbocycles. The Morgan fingerprint density at radius 3 is 2.55 bits per heavy atom. The smallest absolute Gasteiger partial charge is 0.184 e. The minimum absolute atomic E-state index is 0.0705. The van der Waals surface area contributed by atoms with E-state index >= 15 is 0 Å². The van der Waals surface area contributed by atoms with E-state index in [1.54, 1.807) is 19.1 Å². The standard InChI is InChI=1S/C17H27NO2/c1-4-5-7-10-14(2)20-13-17(3,18)16(19)15-11-8-6-9-12-15/h6,8-9,11-12,14H,4-5,7,10,13,18H2,1-3H3. The second-order valence-electron chi connectivity index (χ2n) is 5.73. The van der Waals surface area contributed by atoms with Gasteiger partial charge in [-0.05, 0) is 20.3 Å². The minimum atomic E-state index is -0.972. The minimum Gasteiger partial charge on any atom is -0.376 e. The molecule has 0 aliphatic carbocycles. The van der Waals surface area contributed by atoms with Crippen LogP contribution in [0, 0.1) is 0 Å². The third-order valence-electron chi connectivity index (χ3n) is 3.44. The number of hydrogen-bond acceptors (Lipinski definition) is 3. The van der Waals surface area contributed by atoms with E-state index < -0.39 is 5.54 Å². The maximum atomic E-state index is 12.3. The van der Waals surface area contributed by atoms with Crippen LogP contribution in [0.1, 0.15) is 56.8 Å². The maximum absolute atomic E-state index is 12.3. The van der Waals surface area contributed by atoms with Crippen molar-refractivity contribution in [1.29, 1.82) is 0 Å². The summed E-state index contributed by atoms with van der Waals surface area (Å²) in [5.41, 5.74) is 5.79. The first-order chi connectivity index (χ1) is 9.47. The Morgan fingerprint density at radius 1 is 1.30 bits per heavy atom. The SMILES string of the molecule is CCCCCC(C)OCC(C)(N)C(=O)c1ccccc1. The van der Waals surface area contributed by atoms with Crippen molar-refractivity contribution >= 4 is 5.78 Å². The average molecular weight is 277 g/mol. The third-order valence-corrected chi connectivity index (χ3v) is 3.44. The van der Waals surface area contributed by atoms with Crippen molar-refractivity contribution in [3.05, 3.63) is 35.9 Å². The van der Waals surface area contributed by atoms with E-state index in [9.17, 15) is 4.79 Å². The molecule has 2 N–H and O–H groups in total. The van der Waals surface area contributed by atoms with Crippen LogP contribution >= 0.6 is 0 Å². The van der Waals surface area contributed by atoms with Gasteiger partial charge < -0.3 is 10.5 Å². The highest BCUT2D eigenvalue weighted by molar-refractivity contribution is 6.02. The zero-order chi connectivity index (χ0) is 15.0. The van der Waals surface area contributed by atoms with Crippen LogP contribution in [0.2, 0.25) is 0 Å². The first-order valence-electron chi connectivity index (χ1n) is 7.47. The van der Waals surface area contributed by atoms with Gasteiger partial charge in [-0.15, -0.1) is 0 Å². The van der Waals surface area contributed by atoms with Crippen LogP contribution in [0.4, 0.5) is 0 Å². The molecule has 0 saturated heterocycles. The number of unbranched alkanes of at least 4 members (excludes halogenated alkanes) is 2. The Morgan fingerprint density at radius 2 is 1.95 bits per heavy atom.